The van der Waals surface area contributed by atoms with Gasteiger partial charge in [0.25, 0.3) is 11.8 Å². The van der Waals surface area contributed by atoms with Gasteiger partial charge in [0.15, 0.2) is 11.5 Å². The van der Waals surface area contributed by atoms with Crippen molar-refractivity contribution in [2.45, 2.75) is 0 Å². The second-order valence-electron chi connectivity index (χ2n) is 6.03. The van der Waals surface area contributed by atoms with Gasteiger partial charge in [0.05, 0.1) is 13.3 Å². The summed E-state index contributed by atoms with van der Waals surface area (Å²) in [5.41, 5.74) is 4.52. The Hall–Kier alpha value is -4.13. The van der Waals surface area contributed by atoms with Gasteiger partial charge in [-0.25, -0.2) is 5.43 Å². The summed E-state index contributed by atoms with van der Waals surface area (Å²) in [5.74, 6) is -0.295. The first-order valence-corrected chi connectivity index (χ1v) is 8.73. The normalized spacial score (nSPS) is 10.5. The van der Waals surface area contributed by atoms with Gasteiger partial charge in [-0.15, -0.1) is 0 Å². The molecule has 0 atom stereocenters. The van der Waals surface area contributed by atoms with E-state index in [0.717, 1.165) is 0 Å². The van der Waals surface area contributed by atoms with Gasteiger partial charge in [0.1, 0.15) is 0 Å². The number of hydrogen-bond acceptors (Lipinski definition) is 5. The molecule has 3 aromatic rings. The fourth-order valence-electron chi connectivity index (χ4n) is 2.52. The lowest BCUT2D eigenvalue weighted by Gasteiger charge is -2.06. The van der Waals surface area contributed by atoms with Gasteiger partial charge >= 0.3 is 0 Å². The van der Waals surface area contributed by atoms with E-state index in [1.807, 2.05) is 6.07 Å². The maximum Gasteiger partial charge on any atom is 0.271 e. The lowest BCUT2D eigenvalue weighted by atomic mass is 10.1. The Morgan fingerprint density at radius 1 is 0.931 bits per heavy atom. The summed E-state index contributed by atoms with van der Waals surface area (Å²) in [6.07, 6.45) is 1.41. The number of carbonyl (C=O) groups excluding carboxylic acids is 2. The van der Waals surface area contributed by atoms with Crippen molar-refractivity contribution in [2.24, 2.45) is 5.10 Å². The lowest BCUT2D eigenvalue weighted by Crippen LogP contribution is -2.17. The summed E-state index contributed by atoms with van der Waals surface area (Å²) in [4.78, 5) is 24.3. The molecule has 0 unspecified atom stereocenters. The molecule has 0 aliphatic rings. The first kappa shape index (κ1) is 19.6. The molecule has 2 amide bonds. The lowest BCUT2D eigenvalue weighted by molar-refractivity contribution is 0.0954. The summed E-state index contributed by atoms with van der Waals surface area (Å²) in [6, 6.07) is 20.1. The van der Waals surface area contributed by atoms with E-state index in [0.29, 0.717) is 28.1 Å². The molecule has 0 bridgehead atoms. The molecular formula is C22H19N3O4. The van der Waals surface area contributed by atoms with E-state index in [-0.39, 0.29) is 11.7 Å². The molecule has 0 spiro atoms. The highest BCUT2D eigenvalue weighted by Crippen LogP contribution is 2.25. The molecule has 0 heterocycles. The summed E-state index contributed by atoms with van der Waals surface area (Å²) in [6.45, 7) is 0. The van der Waals surface area contributed by atoms with Gasteiger partial charge in [-0.1, -0.05) is 18.2 Å². The monoisotopic (exact) mass is 389 g/mol. The Bertz CT molecular complexity index is 1030. The standard InChI is InChI=1S/C22H19N3O4/c1-29-20-12-7-15(13-19(20)26)14-23-25-22(28)17-8-10-18(11-9-17)24-21(27)16-5-3-2-4-6-16/h2-14,26H,1H3,(H,24,27)(H,25,28)/b23-14-. The summed E-state index contributed by atoms with van der Waals surface area (Å²) < 4.78 is 4.97. The van der Waals surface area contributed by atoms with E-state index in [4.69, 9.17) is 4.74 Å². The minimum Gasteiger partial charge on any atom is -0.504 e. The van der Waals surface area contributed by atoms with E-state index in [9.17, 15) is 14.7 Å². The SMILES string of the molecule is COc1ccc(/C=N\NC(=O)c2ccc(NC(=O)c3ccccc3)cc2)cc1O. The van der Waals surface area contributed by atoms with Crippen LogP contribution in [0.1, 0.15) is 26.3 Å². The van der Waals surface area contributed by atoms with Crippen molar-refractivity contribution in [3.63, 3.8) is 0 Å². The Kier molecular flexibility index (Phi) is 6.22. The number of nitrogens with zero attached hydrogens (tertiary/aromatic N) is 1. The first-order valence-electron chi connectivity index (χ1n) is 8.73. The second kappa shape index (κ2) is 9.18. The van der Waals surface area contributed by atoms with Gasteiger partial charge in [-0.05, 0) is 60.2 Å². The molecule has 7 heteroatoms. The van der Waals surface area contributed by atoms with Gasteiger partial charge in [-0.2, -0.15) is 5.10 Å². The van der Waals surface area contributed by atoms with Crippen molar-refractivity contribution < 1.29 is 19.4 Å². The number of methoxy groups -OCH3 is 1. The number of hydrogen-bond donors (Lipinski definition) is 3. The van der Waals surface area contributed by atoms with Crippen LogP contribution in [0.2, 0.25) is 0 Å². The number of benzene rings is 3. The number of aromatic hydroxyl groups is 1. The summed E-state index contributed by atoms with van der Waals surface area (Å²) in [7, 11) is 1.46. The van der Waals surface area contributed by atoms with E-state index < -0.39 is 5.91 Å². The van der Waals surface area contributed by atoms with Crippen molar-refractivity contribution in [1.29, 1.82) is 0 Å². The fourth-order valence-corrected chi connectivity index (χ4v) is 2.52. The van der Waals surface area contributed by atoms with Crippen molar-refractivity contribution in [3.05, 3.63) is 89.5 Å². The van der Waals surface area contributed by atoms with Gasteiger partial charge < -0.3 is 15.2 Å². The Labute approximate surface area is 167 Å². The van der Waals surface area contributed by atoms with Crippen LogP contribution in [-0.4, -0.2) is 30.2 Å². The molecule has 146 valence electrons. The fraction of sp³-hybridized carbons (Fsp3) is 0.0455. The smallest absolute Gasteiger partial charge is 0.271 e. The predicted molar refractivity (Wildman–Crippen MR) is 111 cm³/mol. The topological polar surface area (TPSA) is 100 Å². The maximum absolute atomic E-state index is 12.2. The minimum absolute atomic E-state index is 0.0177. The molecule has 0 saturated heterocycles. The zero-order chi connectivity index (χ0) is 20.6. The van der Waals surface area contributed by atoms with Crippen molar-refractivity contribution in [1.82, 2.24) is 5.43 Å². The zero-order valence-corrected chi connectivity index (χ0v) is 15.6. The van der Waals surface area contributed by atoms with Crippen LogP contribution < -0.4 is 15.5 Å². The minimum atomic E-state index is -0.403. The van der Waals surface area contributed by atoms with Crippen LogP contribution in [0.25, 0.3) is 0 Å². The third kappa shape index (κ3) is 5.20. The number of anilines is 1. The van der Waals surface area contributed by atoms with E-state index >= 15 is 0 Å². The van der Waals surface area contributed by atoms with E-state index in [1.165, 1.54) is 19.4 Å². The van der Waals surface area contributed by atoms with Crippen LogP contribution in [0.5, 0.6) is 11.5 Å². The van der Waals surface area contributed by atoms with Gasteiger partial charge in [-0.3, -0.25) is 9.59 Å². The molecule has 0 fully saturated rings. The largest absolute Gasteiger partial charge is 0.504 e. The highest BCUT2D eigenvalue weighted by Gasteiger charge is 2.07. The van der Waals surface area contributed by atoms with Crippen LogP contribution in [-0.2, 0) is 0 Å². The quantitative estimate of drug-likeness (QED) is 0.444. The van der Waals surface area contributed by atoms with Crippen LogP contribution in [0, 0.1) is 0 Å². The predicted octanol–water partition coefficient (Wildman–Crippen LogP) is 3.42. The third-order valence-corrected chi connectivity index (χ3v) is 4.02. The third-order valence-electron chi connectivity index (χ3n) is 4.02. The molecular weight excluding hydrogens is 370 g/mol. The second-order valence-corrected chi connectivity index (χ2v) is 6.03. The Morgan fingerprint density at radius 2 is 1.62 bits per heavy atom. The average molecular weight is 389 g/mol. The number of phenolic OH excluding ortho intramolecular Hbond substituents is 1. The Balaban J connectivity index is 1.57. The van der Waals surface area contributed by atoms with Crippen LogP contribution >= 0.6 is 0 Å². The van der Waals surface area contributed by atoms with Crippen LogP contribution in [0.15, 0.2) is 77.9 Å². The maximum atomic E-state index is 12.2. The number of nitrogens with one attached hydrogen (secondary N) is 2. The first-order chi connectivity index (χ1) is 14.1. The molecule has 7 nitrogen and oxygen atoms in total. The summed E-state index contributed by atoms with van der Waals surface area (Å²) in [5, 5.41) is 16.4. The number of phenols is 1. The number of rotatable bonds is 6. The molecule has 0 radical (unpaired) electrons. The van der Waals surface area contributed by atoms with Crippen LogP contribution in [0.3, 0.4) is 0 Å². The summed E-state index contributed by atoms with van der Waals surface area (Å²) >= 11 is 0. The van der Waals surface area contributed by atoms with Crippen molar-refractivity contribution in [3.8, 4) is 11.5 Å². The number of hydrazone groups is 1. The highest BCUT2D eigenvalue weighted by molar-refractivity contribution is 6.04. The van der Waals surface area contributed by atoms with Gasteiger partial charge in [0, 0.05) is 16.8 Å². The molecule has 3 rings (SSSR count). The number of ether oxygens (including phenoxy) is 1. The average Bonchev–Trinajstić information content (AvgIpc) is 2.75. The van der Waals surface area contributed by atoms with E-state index in [1.54, 1.807) is 60.7 Å². The number of amides is 2. The molecule has 0 aliphatic carbocycles. The Morgan fingerprint density at radius 3 is 2.28 bits per heavy atom. The molecule has 3 aromatic carbocycles. The van der Waals surface area contributed by atoms with Crippen LogP contribution in [0.4, 0.5) is 5.69 Å². The highest BCUT2D eigenvalue weighted by atomic mass is 16.5. The molecule has 0 saturated carbocycles. The zero-order valence-electron chi connectivity index (χ0n) is 15.6. The van der Waals surface area contributed by atoms with Crippen molar-refractivity contribution in [2.75, 3.05) is 12.4 Å². The van der Waals surface area contributed by atoms with E-state index in [2.05, 4.69) is 15.8 Å². The molecule has 29 heavy (non-hydrogen) atoms. The molecule has 3 N–H and O–H groups in total. The van der Waals surface area contributed by atoms with Gasteiger partial charge in [0.2, 0.25) is 0 Å². The molecule has 0 aromatic heterocycles. The van der Waals surface area contributed by atoms with Crippen molar-refractivity contribution >= 4 is 23.7 Å². The molecule has 0 aliphatic heterocycles. The number of carbonyl (C=O) groups is 2.